The molecule has 0 saturated heterocycles. The maximum Gasteiger partial charge on any atom is 0.228 e. The molecule has 0 radical (unpaired) electrons. The Hall–Kier alpha value is -0.110. The molecule has 2 atom stereocenters. The van der Waals surface area contributed by atoms with Crippen LogP contribution in [-0.2, 0) is 4.79 Å². The van der Waals surface area contributed by atoms with Gasteiger partial charge >= 0.3 is 0 Å². The first-order chi connectivity index (χ1) is 8.56. The maximum atomic E-state index is 12.1. The second kappa shape index (κ2) is 9.02. The van der Waals surface area contributed by atoms with Gasteiger partial charge in [-0.25, -0.2) is 4.98 Å². The number of carbonyl (C=O) groups excluding carboxylic acids is 1. The molecule has 0 aliphatic heterocycles. The summed E-state index contributed by atoms with van der Waals surface area (Å²) in [5.74, 6) is 0.723. The first-order valence-corrected chi connectivity index (χ1v) is 7.32. The molecule has 20 heavy (non-hydrogen) atoms. The minimum absolute atomic E-state index is 0. The molecule has 3 N–H and O–H groups in total. The first-order valence-electron chi connectivity index (χ1n) is 6.25. The van der Waals surface area contributed by atoms with Crippen molar-refractivity contribution in [3.05, 3.63) is 21.4 Å². The molecular formula is C13H20Cl2IN3O. The van der Waals surface area contributed by atoms with Crippen molar-refractivity contribution in [2.75, 3.05) is 5.32 Å². The van der Waals surface area contributed by atoms with Crippen molar-refractivity contribution in [3.8, 4) is 0 Å². The molecule has 0 aromatic carbocycles. The predicted octanol–water partition coefficient (Wildman–Crippen LogP) is 3.29. The average molecular weight is 432 g/mol. The molecule has 1 aliphatic rings. The third-order valence-corrected chi connectivity index (χ3v) is 4.54. The quantitative estimate of drug-likeness (QED) is 0.706. The van der Waals surface area contributed by atoms with Gasteiger partial charge < -0.3 is 11.1 Å². The van der Waals surface area contributed by atoms with Crippen molar-refractivity contribution in [1.82, 2.24) is 4.98 Å². The summed E-state index contributed by atoms with van der Waals surface area (Å²) in [5, 5.41) is 2.89. The van der Waals surface area contributed by atoms with Crippen LogP contribution in [0.2, 0.25) is 0 Å². The molecule has 4 nitrogen and oxygen atoms in total. The Morgan fingerprint density at radius 3 is 2.75 bits per heavy atom. The second-order valence-electron chi connectivity index (χ2n) is 4.93. The van der Waals surface area contributed by atoms with E-state index in [1.54, 1.807) is 6.20 Å². The Balaban J connectivity index is 0.00000180. The number of pyridine rings is 1. The number of nitrogens with zero attached hydrogens (tertiary/aromatic N) is 1. The Morgan fingerprint density at radius 1 is 1.45 bits per heavy atom. The lowest BCUT2D eigenvalue weighted by molar-refractivity contribution is -0.120. The molecule has 0 spiro atoms. The Morgan fingerprint density at radius 2 is 2.15 bits per heavy atom. The van der Waals surface area contributed by atoms with E-state index >= 15 is 0 Å². The van der Waals surface area contributed by atoms with Crippen LogP contribution < -0.4 is 11.1 Å². The molecule has 1 aromatic rings. The van der Waals surface area contributed by atoms with Gasteiger partial charge in [-0.1, -0.05) is 6.42 Å². The number of anilines is 1. The van der Waals surface area contributed by atoms with Gasteiger partial charge in [0.2, 0.25) is 5.91 Å². The zero-order valence-corrected chi connectivity index (χ0v) is 15.1. The van der Waals surface area contributed by atoms with Crippen LogP contribution in [0.5, 0.6) is 0 Å². The van der Waals surface area contributed by atoms with Gasteiger partial charge in [0, 0.05) is 21.7 Å². The van der Waals surface area contributed by atoms with Crippen molar-refractivity contribution < 1.29 is 4.79 Å². The molecule has 1 fully saturated rings. The zero-order valence-electron chi connectivity index (χ0n) is 11.3. The SMILES string of the molecule is Cc1cnc(NC(=O)[C@H]2CCC[C@@H](N)C2)cc1I.Cl.Cl. The summed E-state index contributed by atoms with van der Waals surface area (Å²) in [6.07, 6.45) is 5.57. The van der Waals surface area contributed by atoms with Gasteiger partial charge in [-0.3, -0.25) is 4.79 Å². The molecule has 0 bridgehead atoms. The standard InChI is InChI=1S/C13H18IN3O.2ClH/c1-8-7-16-12(6-11(8)14)17-13(18)9-3-2-4-10(15)5-9;;/h6-7,9-10H,2-5,15H2,1H3,(H,16,17,18);2*1H/t9-,10+;;/m0../s1. The van der Waals surface area contributed by atoms with E-state index in [4.69, 9.17) is 5.73 Å². The summed E-state index contributed by atoms with van der Waals surface area (Å²) in [5.41, 5.74) is 7.02. The molecule has 114 valence electrons. The highest BCUT2D eigenvalue weighted by molar-refractivity contribution is 14.1. The summed E-state index contributed by atoms with van der Waals surface area (Å²) < 4.78 is 1.11. The maximum absolute atomic E-state index is 12.1. The first kappa shape index (κ1) is 19.9. The number of carbonyl (C=O) groups is 1. The molecule has 7 heteroatoms. The van der Waals surface area contributed by atoms with Gasteiger partial charge in [-0.05, 0) is 60.4 Å². The molecular weight excluding hydrogens is 412 g/mol. The topological polar surface area (TPSA) is 68.0 Å². The van der Waals surface area contributed by atoms with Gasteiger partial charge in [0.05, 0.1) is 0 Å². The van der Waals surface area contributed by atoms with Crippen LogP contribution in [0.1, 0.15) is 31.2 Å². The van der Waals surface area contributed by atoms with Crippen molar-refractivity contribution in [1.29, 1.82) is 0 Å². The summed E-state index contributed by atoms with van der Waals surface area (Å²) in [7, 11) is 0. The molecule has 1 saturated carbocycles. The lowest BCUT2D eigenvalue weighted by Gasteiger charge is -2.25. The largest absolute Gasteiger partial charge is 0.328 e. The second-order valence-corrected chi connectivity index (χ2v) is 6.09. The molecule has 0 unspecified atom stereocenters. The zero-order chi connectivity index (χ0) is 13.1. The van der Waals surface area contributed by atoms with E-state index in [1.807, 2.05) is 13.0 Å². The van der Waals surface area contributed by atoms with E-state index < -0.39 is 0 Å². The number of aryl methyl sites for hydroxylation is 1. The van der Waals surface area contributed by atoms with Gasteiger partial charge in [0.15, 0.2) is 0 Å². The van der Waals surface area contributed by atoms with Crippen LogP contribution in [0.3, 0.4) is 0 Å². The minimum Gasteiger partial charge on any atom is -0.328 e. The van der Waals surface area contributed by atoms with Crippen molar-refractivity contribution in [2.45, 2.75) is 38.6 Å². The third kappa shape index (κ3) is 5.35. The lowest BCUT2D eigenvalue weighted by atomic mass is 9.85. The number of aromatic nitrogens is 1. The summed E-state index contributed by atoms with van der Waals surface area (Å²) in [6, 6.07) is 2.07. The van der Waals surface area contributed by atoms with Crippen LogP contribution in [0.4, 0.5) is 5.82 Å². The molecule has 1 heterocycles. The van der Waals surface area contributed by atoms with Gasteiger partial charge in [-0.15, -0.1) is 24.8 Å². The Bertz CT molecular complexity index is 459. The van der Waals surface area contributed by atoms with Crippen LogP contribution in [-0.4, -0.2) is 16.9 Å². The van der Waals surface area contributed by atoms with Crippen LogP contribution in [0.15, 0.2) is 12.3 Å². The van der Waals surface area contributed by atoms with Crippen molar-refractivity contribution >= 4 is 59.1 Å². The summed E-state index contributed by atoms with van der Waals surface area (Å²) >= 11 is 2.24. The molecule has 1 amide bonds. The average Bonchev–Trinajstić information content (AvgIpc) is 2.34. The Kier molecular flexibility index (Phi) is 8.97. The molecule has 2 rings (SSSR count). The number of amides is 1. The smallest absolute Gasteiger partial charge is 0.228 e. The number of halogens is 3. The van der Waals surface area contributed by atoms with E-state index in [-0.39, 0.29) is 42.7 Å². The van der Waals surface area contributed by atoms with Crippen LogP contribution in [0.25, 0.3) is 0 Å². The van der Waals surface area contributed by atoms with E-state index in [9.17, 15) is 4.79 Å². The summed E-state index contributed by atoms with van der Waals surface area (Å²) in [4.78, 5) is 16.3. The fraction of sp³-hybridized carbons (Fsp3) is 0.538. The molecule has 1 aromatic heterocycles. The van der Waals surface area contributed by atoms with E-state index in [0.717, 1.165) is 34.8 Å². The fourth-order valence-corrected chi connectivity index (χ4v) is 2.70. The Labute approximate surface area is 145 Å². The lowest BCUT2D eigenvalue weighted by Crippen LogP contribution is -2.34. The van der Waals surface area contributed by atoms with E-state index in [1.165, 1.54) is 0 Å². The van der Waals surface area contributed by atoms with Crippen molar-refractivity contribution in [3.63, 3.8) is 0 Å². The van der Waals surface area contributed by atoms with E-state index in [2.05, 4.69) is 32.9 Å². The van der Waals surface area contributed by atoms with Gasteiger partial charge in [0.1, 0.15) is 5.82 Å². The number of nitrogens with two attached hydrogens (primary N) is 1. The highest BCUT2D eigenvalue weighted by Gasteiger charge is 2.25. The molecule has 1 aliphatic carbocycles. The number of nitrogens with one attached hydrogen (secondary N) is 1. The highest BCUT2D eigenvalue weighted by Crippen LogP contribution is 2.24. The third-order valence-electron chi connectivity index (χ3n) is 3.37. The number of hydrogen-bond donors (Lipinski definition) is 2. The van der Waals surface area contributed by atoms with E-state index in [0.29, 0.717) is 5.82 Å². The fourth-order valence-electron chi connectivity index (χ4n) is 2.26. The van der Waals surface area contributed by atoms with Gasteiger partial charge in [-0.2, -0.15) is 0 Å². The van der Waals surface area contributed by atoms with Crippen LogP contribution >= 0.6 is 47.4 Å². The van der Waals surface area contributed by atoms with Crippen molar-refractivity contribution in [2.24, 2.45) is 11.7 Å². The number of rotatable bonds is 2. The number of hydrogen-bond acceptors (Lipinski definition) is 3. The van der Waals surface area contributed by atoms with Crippen LogP contribution in [0, 0.1) is 16.4 Å². The monoisotopic (exact) mass is 431 g/mol. The predicted molar refractivity (Wildman–Crippen MR) is 94.8 cm³/mol. The highest BCUT2D eigenvalue weighted by atomic mass is 127. The summed E-state index contributed by atoms with van der Waals surface area (Å²) in [6.45, 7) is 2.00. The minimum atomic E-state index is 0. The van der Waals surface area contributed by atoms with Gasteiger partial charge in [0.25, 0.3) is 0 Å². The normalized spacial score (nSPS) is 21.4.